The Morgan fingerprint density at radius 1 is 0.971 bits per heavy atom. The van der Waals surface area contributed by atoms with Crippen molar-refractivity contribution in [2.24, 2.45) is 0 Å². The molecule has 0 radical (unpaired) electrons. The second-order valence-corrected chi connectivity index (χ2v) is 10.4. The van der Waals surface area contributed by atoms with Gasteiger partial charge in [-0.15, -0.1) is 11.3 Å². The minimum absolute atomic E-state index is 0.0284. The van der Waals surface area contributed by atoms with Crippen molar-refractivity contribution < 1.29 is 4.79 Å². The number of Topliss-reactive ketones (excluding diaryl/α,β-unsaturated/α-hetero) is 1. The van der Waals surface area contributed by atoms with E-state index in [0.29, 0.717) is 51.1 Å². The smallest absolute Gasteiger partial charge is 0.277 e. The highest BCUT2D eigenvalue weighted by molar-refractivity contribution is 7.10. The van der Waals surface area contributed by atoms with E-state index in [4.69, 9.17) is 23.2 Å². The lowest BCUT2D eigenvalue weighted by Crippen LogP contribution is -2.32. The third kappa shape index (κ3) is 3.45. The SMILES string of the molecule is O=C1C[C@@H](c2cccs2)CC2=C1[C@H](c1ccc(Cl)cc1Cl)c1c([nH]n(-c3ccccc3)c1=O)N2. The summed E-state index contributed by atoms with van der Waals surface area (Å²) in [6, 6.07) is 18.7. The molecule has 5 nitrogen and oxygen atoms in total. The molecule has 6 rings (SSSR count). The maximum absolute atomic E-state index is 13.7. The Morgan fingerprint density at radius 3 is 2.53 bits per heavy atom. The predicted molar refractivity (Wildman–Crippen MR) is 137 cm³/mol. The highest BCUT2D eigenvalue weighted by atomic mass is 35.5. The normalized spacial score (nSPS) is 19.5. The number of carbonyl (C=O) groups excluding carboxylic acids is 1. The lowest BCUT2D eigenvalue weighted by Gasteiger charge is -2.34. The minimum Gasteiger partial charge on any atom is -0.343 e. The van der Waals surface area contributed by atoms with Gasteiger partial charge in [-0.05, 0) is 47.7 Å². The van der Waals surface area contributed by atoms with Crippen molar-refractivity contribution in [3.63, 3.8) is 0 Å². The third-order valence-electron chi connectivity index (χ3n) is 6.52. The number of nitrogens with one attached hydrogen (secondary N) is 2. The van der Waals surface area contributed by atoms with Gasteiger partial charge >= 0.3 is 0 Å². The van der Waals surface area contributed by atoms with Crippen molar-refractivity contribution in [2.75, 3.05) is 5.32 Å². The number of fused-ring (bicyclic) bond motifs is 1. The number of aromatic amines is 1. The Balaban J connectivity index is 1.55. The zero-order chi connectivity index (χ0) is 23.4. The molecular weight excluding hydrogens is 489 g/mol. The number of hydrogen-bond acceptors (Lipinski definition) is 4. The number of carbonyl (C=O) groups is 1. The topological polar surface area (TPSA) is 66.9 Å². The zero-order valence-corrected chi connectivity index (χ0v) is 20.2. The lowest BCUT2D eigenvalue weighted by molar-refractivity contribution is -0.116. The Hall–Kier alpha value is -3.06. The molecule has 170 valence electrons. The van der Waals surface area contributed by atoms with Gasteiger partial charge in [0.25, 0.3) is 5.56 Å². The monoisotopic (exact) mass is 507 g/mol. The maximum Gasteiger partial charge on any atom is 0.277 e. The highest BCUT2D eigenvalue weighted by Gasteiger charge is 2.42. The average molecular weight is 508 g/mol. The van der Waals surface area contributed by atoms with Gasteiger partial charge in [-0.1, -0.05) is 53.5 Å². The van der Waals surface area contributed by atoms with Crippen LogP contribution < -0.4 is 10.9 Å². The molecule has 8 heteroatoms. The van der Waals surface area contributed by atoms with E-state index in [2.05, 4.69) is 16.5 Å². The van der Waals surface area contributed by atoms with Crippen molar-refractivity contribution >= 4 is 46.1 Å². The van der Waals surface area contributed by atoms with E-state index >= 15 is 0 Å². The fourth-order valence-electron chi connectivity index (χ4n) is 5.02. The fraction of sp³-hybridized carbons (Fsp3) is 0.154. The van der Waals surface area contributed by atoms with Crippen molar-refractivity contribution in [3.05, 3.63) is 114 Å². The number of thiophene rings is 1. The lowest BCUT2D eigenvalue weighted by atomic mass is 9.74. The summed E-state index contributed by atoms with van der Waals surface area (Å²) < 4.78 is 1.51. The van der Waals surface area contributed by atoms with Crippen LogP contribution >= 0.6 is 34.5 Å². The van der Waals surface area contributed by atoms with Crippen LogP contribution in [0.5, 0.6) is 0 Å². The quantitative estimate of drug-likeness (QED) is 0.332. The molecule has 0 saturated carbocycles. The number of H-pyrrole nitrogens is 1. The Labute approximate surface area is 209 Å². The number of aromatic nitrogens is 2. The maximum atomic E-state index is 13.7. The molecule has 0 spiro atoms. The molecule has 1 aliphatic heterocycles. The Kier molecular flexibility index (Phi) is 5.25. The molecule has 2 atom stereocenters. The number of benzene rings is 2. The molecule has 4 aromatic rings. The van der Waals surface area contributed by atoms with Crippen LogP contribution in [0.25, 0.3) is 5.69 Å². The van der Waals surface area contributed by atoms with Crippen molar-refractivity contribution in [1.82, 2.24) is 9.78 Å². The zero-order valence-electron chi connectivity index (χ0n) is 17.8. The molecule has 0 unspecified atom stereocenters. The molecule has 0 amide bonds. The minimum atomic E-state index is -0.582. The first-order valence-corrected chi connectivity index (χ1v) is 12.6. The first-order chi connectivity index (χ1) is 16.5. The van der Waals surface area contributed by atoms with Crippen molar-refractivity contribution in [3.8, 4) is 5.69 Å². The van der Waals surface area contributed by atoms with Crippen LogP contribution in [0.4, 0.5) is 5.82 Å². The van der Waals surface area contributed by atoms with Crippen LogP contribution in [0.15, 0.2) is 82.1 Å². The van der Waals surface area contributed by atoms with Crippen LogP contribution in [-0.4, -0.2) is 15.6 Å². The molecule has 2 aromatic carbocycles. The summed E-state index contributed by atoms with van der Waals surface area (Å²) in [5.41, 5.74) is 3.12. The van der Waals surface area contributed by atoms with Gasteiger partial charge in [-0.3, -0.25) is 14.7 Å². The van der Waals surface area contributed by atoms with Crippen LogP contribution in [0.3, 0.4) is 0 Å². The van der Waals surface area contributed by atoms with Gasteiger partial charge in [-0.25, -0.2) is 4.68 Å². The number of para-hydroxylation sites is 1. The summed E-state index contributed by atoms with van der Waals surface area (Å²) >= 11 is 14.5. The van der Waals surface area contributed by atoms with Gasteiger partial charge in [0.2, 0.25) is 0 Å². The molecule has 1 aliphatic carbocycles. The molecule has 2 N–H and O–H groups in total. The van der Waals surface area contributed by atoms with Crippen molar-refractivity contribution in [2.45, 2.75) is 24.7 Å². The Morgan fingerprint density at radius 2 is 1.79 bits per heavy atom. The standard InChI is InChI=1S/C26H19Cl2N3O2S/c27-15-8-9-17(18(28)13-15)22-23-19(11-14(12-20(23)32)21-7-4-10-34-21)29-25-24(22)26(33)31(30-25)16-5-2-1-3-6-16/h1-10,13-14,22,29-30H,11-12H2/t14-,22-/m0/s1. The van der Waals surface area contributed by atoms with Crippen LogP contribution in [0.2, 0.25) is 10.0 Å². The number of rotatable bonds is 3. The first kappa shape index (κ1) is 21.5. The van der Waals surface area contributed by atoms with Crippen LogP contribution in [0, 0.1) is 0 Å². The van der Waals surface area contributed by atoms with Gasteiger partial charge in [0.05, 0.1) is 11.3 Å². The summed E-state index contributed by atoms with van der Waals surface area (Å²) in [4.78, 5) is 28.5. The number of nitrogens with zero attached hydrogens (tertiary/aromatic N) is 1. The largest absolute Gasteiger partial charge is 0.343 e. The molecule has 0 saturated heterocycles. The van der Waals surface area contributed by atoms with Gasteiger partial charge in [0.1, 0.15) is 5.82 Å². The third-order valence-corrected chi connectivity index (χ3v) is 8.12. The van der Waals surface area contributed by atoms with Gasteiger partial charge in [0.15, 0.2) is 5.78 Å². The number of halogens is 2. The van der Waals surface area contributed by atoms with Crippen LogP contribution in [0.1, 0.15) is 40.7 Å². The van der Waals surface area contributed by atoms with E-state index in [1.165, 1.54) is 9.56 Å². The highest BCUT2D eigenvalue weighted by Crippen LogP contribution is 2.48. The molecule has 0 bridgehead atoms. The molecule has 3 heterocycles. The second-order valence-electron chi connectivity index (χ2n) is 8.54. The first-order valence-electron chi connectivity index (χ1n) is 10.9. The van der Waals surface area contributed by atoms with E-state index in [0.717, 1.165) is 5.70 Å². The van der Waals surface area contributed by atoms with E-state index in [1.807, 2.05) is 47.8 Å². The molecule has 0 fully saturated rings. The summed E-state index contributed by atoms with van der Waals surface area (Å²) in [5.74, 6) is 0.134. The summed E-state index contributed by atoms with van der Waals surface area (Å²) in [6.45, 7) is 0. The van der Waals surface area contributed by atoms with E-state index < -0.39 is 5.92 Å². The molecule has 2 aliphatic rings. The van der Waals surface area contributed by atoms with E-state index in [1.54, 1.807) is 23.5 Å². The molecule has 2 aromatic heterocycles. The van der Waals surface area contributed by atoms with Gasteiger partial charge in [0, 0.05) is 44.4 Å². The van der Waals surface area contributed by atoms with Gasteiger partial charge < -0.3 is 5.32 Å². The number of anilines is 1. The van der Waals surface area contributed by atoms with Gasteiger partial charge in [-0.2, -0.15) is 0 Å². The van der Waals surface area contributed by atoms with Crippen LogP contribution in [-0.2, 0) is 4.79 Å². The fourth-order valence-corrected chi connectivity index (χ4v) is 6.37. The van der Waals surface area contributed by atoms with Crippen molar-refractivity contribution in [1.29, 1.82) is 0 Å². The second kappa shape index (κ2) is 8.31. The van der Waals surface area contributed by atoms with E-state index in [-0.39, 0.29) is 17.3 Å². The average Bonchev–Trinajstić information content (AvgIpc) is 3.47. The Bertz CT molecular complexity index is 1500. The summed E-state index contributed by atoms with van der Waals surface area (Å²) in [7, 11) is 0. The summed E-state index contributed by atoms with van der Waals surface area (Å²) in [5, 5.41) is 9.59. The number of allylic oxidation sites excluding steroid dienone is 2. The number of hydrogen-bond donors (Lipinski definition) is 2. The molecule has 34 heavy (non-hydrogen) atoms. The van der Waals surface area contributed by atoms with E-state index in [9.17, 15) is 9.59 Å². The predicted octanol–water partition coefficient (Wildman–Crippen LogP) is 6.49. The summed E-state index contributed by atoms with van der Waals surface area (Å²) in [6.07, 6.45) is 1.08. The molecular formula is C26H19Cl2N3O2S. The number of ketones is 1.